The molecule has 1 atom stereocenters. The first-order valence-electron chi connectivity index (χ1n) is 6.75. The quantitative estimate of drug-likeness (QED) is 0.702. The van der Waals surface area contributed by atoms with E-state index < -0.39 is 0 Å². The molecule has 18 heavy (non-hydrogen) atoms. The maximum absolute atomic E-state index is 5.54. The highest BCUT2D eigenvalue weighted by Crippen LogP contribution is 2.30. The number of hydrogen-bond donors (Lipinski definition) is 1. The maximum atomic E-state index is 5.54. The van der Waals surface area contributed by atoms with E-state index in [1.54, 1.807) is 18.4 Å². The third-order valence-corrected chi connectivity index (χ3v) is 4.44. The minimum Gasteiger partial charge on any atom is -0.371 e. The molecule has 1 N–H and O–H groups in total. The van der Waals surface area contributed by atoms with Crippen LogP contribution in [0.2, 0.25) is 0 Å². The van der Waals surface area contributed by atoms with Crippen molar-refractivity contribution < 1.29 is 4.74 Å². The second-order valence-electron chi connectivity index (χ2n) is 4.64. The van der Waals surface area contributed by atoms with Gasteiger partial charge in [-0.2, -0.15) is 0 Å². The van der Waals surface area contributed by atoms with Crippen LogP contribution in [0.25, 0.3) is 0 Å². The number of rotatable bonds is 9. The minimum absolute atomic E-state index is 0.281. The van der Waals surface area contributed by atoms with Crippen LogP contribution in [-0.2, 0) is 16.8 Å². The van der Waals surface area contributed by atoms with Gasteiger partial charge < -0.3 is 10.1 Å². The third-order valence-electron chi connectivity index (χ3n) is 3.22. The summed E-state index contributed by atoms with van der Waals surface area (Å²) >= 11 is 1.68. The monoisotopic (exact) mass is 271 g/mol. The van der Waals surface area contributed by atoms with E-state index in [9.17, 15) is 0 Å². The summed E-state index contributed by atoms with van der Waals surface area (Å²) < 4.78 is 5.54. The molecule has 1 rings (SSSR count). The van der Waals surface area contributed by atoms with Crippen LogP contribution in [0.15, 0.2) is 0 Å². The van der Waals surface area contributed by atoms with Crippen LogP contribution in [0.1, 0.15) is 50.0 Å². The van der Waals surface area contributed by atoms with Gasteiger partial charge in [0, 0.05) is 13.5 Å². The standard InChI is InChI=1S/C13H25N3OS/c1-5-9-14-10-7-8-11-15-16-12(18-11)13(3,6-2)17-4/h14H,5-10H2,1-4H3. The van der Waals surface area contributed by atoms with Crippen molar-refractivity contribution in [1.82, 2.24) is 15.5 Å². The summed E-state index contributed by atoms with van der Waals surface area (Å²) in [5.74, 6) is 0. The zero-order chi connectivity index (χ0) is 13.4. The Labute approximate surface area is 114 Å². The highest BCUT2D eigenvalue weighted by molar-refractivity contribution is 7.11. The molecule has 0 radical (unpaired) electrons. The van der Waals surface area contributed by atoms with Gasteiger partial charge in [0.25, 0.3) is 0 Å². The van der Waals surface area contributed by atoms with E-state index in [1.165, 1.54) is 6.42 Å². The van der Waals surface area contributed by atoms with Crippen LogP contribution in [0, 0.1) is 0 Å². The van der Waals surface area contributed by atoms with Crippen molar-refractivity contribution in [1.29, 1.82) is 0 Å². The van der Waals surface area contributed by atoms with Gasteiger partial charge in [-0.25, -0.2) is 0 Å². The molecule has 1 aromatic rings. The van der Waals surface area contributed by atoms with Gasteiger partial charge in [0.1, 0.15) is 15.6 Å². The van der Waals surface area contributed by atoms with E-state index in [4.69, 9.17) is 4.74 Å². The molecule has 104 valence electrons. The number of aromatic nitrogens is 2. The molecule has 5 heteroatoms. The van der Waals surface area contributed by atoms with E-state index in [2.05, 4.69) is 36.3 Å². The maximum Gasteiger partial charge on any atom is 0.149 e. The van der Waals surface area contributed by atoms with Crippen LogP contribution in [0.3, 0.4) is 0 Å². The Morgan fingerprint density at radius 2 is 2.06 bits per heavy atom. The molecule has 0 spiro atoms. The molecule has 0 saturated carbocycles. The second kappa shape index (κ2) is 7.81. The highest BCUT2D eigenvalue weighted by atomic mass is 32.1. The van der Waals surface area contributed by atoms with E-state index >= 15 is 0 Å². The van der Waals surface area contributed by atoms with Crippen molar-refractivity contribution >= 4 is 11.3 Å². The molecule has 0 aliphatic rings. The van der Waals surface area contributed by atoms with Crippen LogP contribution in [0.5, 0.6) is 0 Å². The molecule has 1 heterocycles. The normalized spacial score (nSPS) is 14.7. The van der Waals surface area contributed by atoms with Crippen molar-refractivity contribution in [3.05, 3.63) is 10.0 Å². The SMILES string of the molecule is CCCNCCCc1nnc(C(C)(CC)OC)s1. The summed E-state index contributed by atoms with van der Waals surface area (Å²) in [7, 11) is 1.74. The molecule has 1 unspecified atom stereocenters. The third kappa shape index (κ3) is 4.30. The molecule has 0 aromatic carbocycles. The first kappa shape index (κ1) is 15.5. The first-order chi connectivity index (χ1) is 8.66. The Morgan fingerprint density at radius 3 is 2.67 bits per heavy atom. The summed E-state index contributed by atoms with van der Waals surface area (Å²) in [4.78, 5) is 0. The molecular formula is C13H25N3OS. The summed E-state index contributed by atoms with van der Waals surface area (Å²) in [6, 6.07) is 0. The summed E-state index contributed by atoms with van der Waals surface area (Å²) in [6.07, 6.45) is 4.21. The van der Waals surface area contributed by atoms with Crippen LogP contribution in [-0.4, -0.2) is 30.4 Å². The second-order valence-corrected chi connectivity index (χ2v) is 5.71. The molecular weight excluding hydrogens is 246 g/mol. The molecule has 0 amide bonds. The fourth-order valence-corrected chi connectivity index (χ4v) is 2.69. The number of aryl methyl sites for hydroxylation is 1. The number of ether oxygens (including phenoxy) is 1. The lowest BCUT2D eigenvalue weighted by molar-refractivity contribution is -0.00207. The van der Waals surface area contributed by atoms with Crippen molar-refractivity contribution in [3.63, 3.8) is 0 Å². The van der Waals surface area contributed by atoms with E-state index in [0.29, 0.717) is 0 Å². The molecule has 4 nitrogen and oxygen atoms in total. The van der Waals surface area contributed by atoms with Crippen molar-refractivity contribution in [2.75, 3.05) is 20.2 Å². The van der Waals surface area contributed by atoms with Gasteiger partial charge in [-0.1, -0.05) is 25.2 Å². The van der Waals surface area contributed by atoms with Crippen LogP contribution >= 0.6 is 11.3 Å². The van der Waals surface area contributed by atoms with Gasteiger partial charge >= 0.3 is 0 Å². The van der Waals surface area contributed by atoms with Gasteiger partial charge in [0.15, 0.2) is 0 Å². The molecule has 0 aliphatic carbocycles. The number of hydrogen-bond acceptors (Lipinski definition) is 5. The van der Waals surface area contributed by atoms with Crippen LogP contribution in [0.4, 0.5) is 0 Å². The van der Waals surface area contributed by atoms with Gasteiger partial charge in [0.05, 0.1) is 0 Å². The Bertz CT molecular complexity index is 337. The Morgan fingerprint density at radius 1 is 1.28 bits per heavy atom. The van der Waals surface area contributed by atoms with Gasteiger partial charge in [0.2, 0.25) is 0 Å². The fraction of sp³-hybridized carbons (Fsp3) is 0.846. The average molecular weight is 271 g/mol. The molecule has 0 aliphatic heterocycles. The van der Waals surface area contributed by atoms with Crippen molar-refractivity contribution in [3.8, 4) is 0 Å². The lowest BCUT2D eigenvalue weighted by Crippen LogP contribution is -2.22. The van der Waals surface area contributed by atoms with E-state index in [-0.39, 0.29) is 5.60 Å². The largest absolute Gasteiger partial charge is 0.371 e. The Kier molecular flexibility index (Phi) is 6.75. The Hall–Kier alpha value is -0.520. The van der Waals surface area contributed by atoms with Crippen molar-refractivity contribution in [2.45, 2.75) is 52.1 Å². The number of nitrogens with zero attached hydrogens (tertiary/aromatic N) is 2. The minimum atomic E-state index is -0.281. The van der Waals surface area contributed by atoms with E-state index in [0.717, 1.165) is 42.4 Å². The lowest BCUT2D eigenvalue weighted by atomic mass is 10.1. The zero-order valence-electron chi connectivity index (χ0n) is 12.0. The molecule has 0 bridgehead atoms. The van der Waals surface area contributed by atoms with E-state index in [1.807, 2.05) is 0 Å². The molecule has 1 aromatic heterocycles. The topological polar surface area (TPSA) is 47.0 Å². The molecule has 0 fully saturated rings. The zero-order valence-corrected chi connectivity index (χ0v) is 12.8. The summed E-state index contributed by atoms with van der Waals surface area (Å²) in [5, 5.41) is 14.0. The Balaban J connectivity index is 2.43. The predicted octanol–water partition coefficient (Wildman–Crippen LogP) is 2.74. The summed E-state index contributed by atoms with van der Waals surface area (Å²) in [6.45, 7) is 8.51. The summed E-state index contributed by atoms with van der Waals surface area (Å²) in [5.41, 5.74) is -0.281. The number of methoxy groups -OCH3 is 1. The van der Waals surface area contributed by atoms with Gasteiger partial charge in [-0.05, 0) is 39.3 Å². The van der Waals surface area contributed by atoms with Crippen molar-refractivity contribution in [2.24, 2.45) is 0 Å². The van der Waals surface area contributed by atoms with Crippen LogP contribution < -0.4 is 5.32 Å². The fourth-order valence-electron chi connectivity index (χ4n) is 1.62. The lowest BCUT2D eigenvalue weighted by Gasteiger charge is -2.22. The van der Waals surface area contributed by atoms with Gasteiger partial charge in [-0.15, -0.1) is 10.2 Å². The predicted molar refractivity (Wildman–Crippen MR) is 76.0 cm³/mol. The smallest absolute Gasteiger partial charge is 0.149 e. The average Bonchev–Trinajstić information content (AvgIpc) is 2.87. The number of nitrogens with one attached hydrogen (secondary N) is 1. The first-order valence-corrected chi connectivity index (χ1v) is 7.56. The van der Waals surface area contributed by atoms with Gasteiger partial charge in [-0.3, -0.25) is 0 Å². The highest BCUT2D eigenvalue weighted by Gasteiger charge is 2.28. The molecule has 0 saturated heterocycles.